The molecule has 0 radical (unpaired) electrons. The summed E-state index contributed by atoms with van der Waals surface area (Å²) in [4.78, 5) is 13.3. The Balaban J connectivity index is 1.83. The van der Waals surface area contributed by atoms with E-state index in [9.17, 15) is 13.2 Å². The number of halogens is 3. The van der Waals surface area contributed by atoms with Gasteiger partial charge < -0.3 is 0 Å². The Kier molecular flexibility index (Phi) is 6.18. The molecule has 1 aliphatic heterocycles. The van der Waals surface area contributed by atoms with Gasteiger partial charge in [-0.15, -0.1) is 0 Å². The predicted octanol–water partition coefficient (Wildman–Crippen LogP) is 6.66. The van der Waals surface area contributed by atoms with Crippen LogP contribution in [-0.4, -0.2) is 13.0 Å². The summed E-state index contributed by atoms with van der Waals surface area (Å²) in [6.07, 6.45) is 0. The summed E-state index contributed by atoms with van der Waals surface area (Å²) in [6, 6.07) is 22.0. The highest BCUT2D eigenvalue weighted by Gasteiger charge is 2.47. The van der Waals surface area contributed by atoms with Crippen LogP contribution in [0.3, 0.4) is 0 Å². The summed E-state index contributed by atoms with van der Waals surface area (Å²) in [5.41, 5.74) is 1.54. The average molecular weight is 546 g/mol. The molecule has 0 unspecified atom stereocenters. The molecule has 5 rings (SSSR count). The van der Waals surface area contributed by atoms with Crippen LogP contribution >= 0.6 is 34.8 Å². The molecule has 1 aromatic heterocycles. The van der Waals surface area contributed by atoms with E-state index in [2.05, 4.69) is 0 Å². The van der Waals surface area contributed by atoms with Crippen molar-refractivity contribution in [2.24, 2.45) is 0 Å². The molecule has 0 amide bonds. The molecule has 178 valence electrons. The molecular formula is C26H19Cl3N2O3S. The van der Waals surface area contributed by atoms with Crippen LogP contribution in [0.1, 0.15) is 28.8 Å². The maximum absolute atomic E-state index is 14.3. The monoisotopic (exact) mass is 544 g/mol. The summed E-state index contributed by atoms with van der Waals surface area (Å²) in [7, 11) is -4.15. The molecule has 2 heterocycles. The minimum absolute atomic E-state index is 0.0728. The number of nitrogens with zero attached hydrogens (tertiary/aromatic N) is 2. The smallest absolute Gasteiger partial charge is 0.266 e. The third kappa shape index (κ3) is 4.04. The van der Waals surface area contributed by atoms with Crippen molar-refractivity contribution in [2.75, 3.05) is 4.31 Å². The number of fused-ring (bicyclic) bond motifs is 1. The van der Waals surface area contributed by atoms with Crippen LogP contribution in [0.25, 0.3) is 0 Å². The number of pyridine rings is 1. The van der Waals surface area contributed by atoms with Gasteiger partial charge in [-0.3, -0.25) is 9.36 Å². The minimum atomic E-state index is -4.15. The molecule has 4 aromatic rings. The second kappa shape index (κ2) is 9.03. The Morgan fingerprint density at radius 2 is 1.26 bits per heavy atom. The van der Waals surface area contributed by atoms with E-state index in [4.69, 9.17) is 34.8 Å². The van der Waals surface area contributed by atoms with Crippen molar-refractivity contribution in [3.8, 4) is 0 Å². The van der Waals surface area contributed by atoms with Crippen molar-refractivity contribution in [3.05, 3.63) is 127 Å². The SMILES string of the molecule is Cc1c(Cl)cccc1S(=O)(=O)N1c2cccc(=O)n2[C@@H](c2ccc(Cl)cc2)[C@H]1c1ccc(Cl)cc1. The number of anilines is 1. The van der Waals surface area contributed by atoms with Gasteiger partial charge in [0.2, 0.25) is 0 Å². The van der Waals surface area contributed by atoms with Crippen molar-refractivity contribution in [2.45, 2.75) is 23.9 Å². The number of hydrogen-bond donors (Lipinski definition) is 0. The molecule has 0 aliphatic carbocycles. The van der Waals surface area contributed by atoms with Crippen LogP contribution in [0.4, 0.5) is 5.82 Å². The van der Waals surface area contributed by atoms with Crippen molar-refractivity contribution in [1.29, 1.82) is 0 Å². The molecule has 1 aliphatic rings. The lowest BCUT2D eigenvalue weighted by molar-refractivity contribution is 0.529. The van der Waals surface area contributed by atoms with Crippen LogP contribution in [0, 0.1) is 6.92 Å². The molecule has 35 heavy (non-hydrogen) atoms. The first-order chi connectivity index (χ1) is 16.7. The lowest BCUT2D eigenvalue weighted by Gasteiger charge is -2.29. The van der Waals surface area contributed by atoms with Crippen LogP contribution in [0.5, 0.6) is 0 Å². The fraction of sp³-hybridized carbons (Fsp3) is 0.115. The maximum atomic E-state index is 14.3. The molecule has 0 spiro atoms. The van der Waals surface area contributed by atoms with Crippen molar-refractivity contribution in [3.63, 3.8) is 0 Å². The van der Waals surface area contributed by atoms with Gasteiger partial charge >= 0.3 is 0 Å². The second-order valence-corrected chi connectivity index (χ2v) is 11.3. The molecule has 0 bridgehead atoms. The predicted molar refractivity (Wildman–Crippen MR) is 140 cm³/mol. The molecule has 0 N–H and O–H groups in total. The Morgan fingerprint density at radius 3 is 1.86 bits per heavy atom. The van der Waals surface area contributed by atoms with E-state index in [-0.39, 0.29) is 16.3 Å². The van der Waals surface area contributed by atoms with Gasteiger partial charge in [-0.1, -0.05) is 71.2 Å². The number of rotatable bonds is 4. The summed E-state index contributed by atoms with van der Waals surface area (Å²) in [5, 5.41) is 1.40. The highest BCUT2D eigenvalue weighted by atomic mass is 35.5. The zero-order chi connectivity index (χ0) is 24.9. The Labute approximate surface area is 218 Å². The highest BCUT2D eigenvalue weighted by Crippen LogP contribution is 2.49. The Hall–Kier alpha value is -2.77. The molecular weight excluding hydrogens is 527 g/mol. The van der Waals surface area contributed by atoms with Gasteiger partial charge in [-0.05, 0) is 66.1 Å². The number of sulfonamides is 1. The van der Waals surface area contributed by atoms with E-state index in [0.717, 1.165) is 5.56 Å². The third-order valence-electron chi connectivity index (χ3n) is 6.20. The van der Waals surface area contributed by atoms with Gasteiger partial charge in [-0.25, -0.2) is 12.7 Å². The quantitative estimate of drug-likeness (QED) is 0.288. The van der Waals surface area contributed by atoms with Crippen molar-refractivity contribution >= 4 is 50.6 Å². The van der Waals surface area contributed by atoms with Gasteiger partial charge in [-0.2, -0.15) is 0 Å². The van der Waals surface area contributed by atoms with E-state index in [1.165, 1.54) is 21.0 Å². The molecule has 5 nitrogen and oxygen atoms in total. The summed E-state index contributed by atoms with van der Waals surface area (Å²) in [5.74, 6) is 0.261. The van der Waals surface area contributed by atoms with E-state index >= 15 is 0 Å². The number of aromatic nitrogens is 1. The summed E-state index contributed by atoms with van der Waals surface area (Å²) < 4.78 is 31.4. The fourth-order valence-electron chi connectivity index (χ4n) is 4.58. The highest BCUT2D eigenvalue weighted by molar-refractivity contribution is 7.93. The van der Waals surface area contributed by atoms with Gasteiger partial charge in [0.15, 0.2) is 0 Å². The van der Waals surface area contributed by atoms with E-state index in [1.54, 1.807) is 79.7 Å². The average Bonchev–Trinajstić information content (AvgIpc) is 3.19. The van der Waals surface area contributed by atoms with Crippen molar-refractivity contribution in [1.82, 2.24) is 4.57 Å². The van der Waals surface area contributed by atoms with E-state index in [0.29, 0.717) is 26.2 Å². The van der Waals surface area contributed by atoms with Gasteiger partial charge in [0.05, 0.1) is 17.0 Å². The Bertz CT molecular complexity index is 1580. The maximum Gasteiger partial charge on any atom is 0.266 e. The van der Waals surface area contributed by atoms with E-state index in [1.807, 2.05) is 0 Å². The van der Waals surface area contributed by atoms with E-state index < -0.39 is 22.1 Å². The topological polar surface area (TPSA) is 59.4 Å². The first-order valence-corrected chi connectivity index (χ1v) is 13.3. The van der Waals surface area contributed by atoms with Crippen LogP contribution < -0.4 is 9.86 Å². The first kappa shape index (κ1) is 23.9. The molecule has 0 fully saturated rings. The van der Waals surface area contributed by atoms with Gasteiger partial charge in [0.1, 0.15) is 5.82 Å². The summed E-state index contributed by atoms with van der Waals surface area (Å²) >= 11 is 18.6. The second-order valence-electron chi connectivity index (χ2n) is 8.25. The largest absolute Gasteiger partial charge is 0.284 e. The first-order valence-electron chi connectivity index (χ1n) is 10.7. The molecule has 0 saturated heterocycles. The lowest BCUT2D eigenvalue weighted by atomic mass is 9.94. The molecule has 0 saturated carbocycles. The molecule has 9 heteroatoms. The van der Waals surface area contributed by atoms with Crippen LogP contribution in [0.2, 0.25) is 15.1 Å². The Morgan fingerprint density at radius 1 is 0.714 bits per heavy atom. The van der Waals surface area contributed by atoms with Gasteiger partial charge in [0.25, 0.3) is 15.6 Å². The number of benzene rings is 3. The lowest BCUT2D eigenvalue weighted by Crippen LogP contribution is -2.34. The zero-order valence-corrected chi connectivity index (χ0v) is 21.5. The minimum Gasteiger partial charge on any atom is -0.284 e. The zero-order valence-electron chi connectivity index (χ0n) is 18.4. The van der Waals surface area contributed by atoms with Crippen molar-refractivity contribution < 1.29 is 8.42 Å². The van der Waals surface area contributed by atoms with Crippen LogP contribution in [0.15, 0.2) is 94.6 Å². The number of hydrogen-bond acceptors (Lipinski definition) is 3. The normalized spacial score (nSPS) is 17.4. The molecule has 3 aromatic carbocycles. The summed E-state index contributed by atoms with van der Waals surface area (Å²) in [6.45, 7) is 1.66. The van der Waals surface area contributed by atoms with Crippen LogP contribution in [-0.2, 0) is 10.0 Å². The fourth-order valence-corrected chi connectivity index (χ4v) is 6.95. The molecule has 2 atom stereocenters. The third-order valence-corrected chi connectivity index (χ3v) is 9.05. The standard InChI is InChI=1S/C26H19Cl3N2O3S/c1-16-21(29)4-2-5-22(16)35(33,34)31-23-6-3-7-24(32)30(23)25(17-8-12-19(27)13-9-17)26(31)18-10-14-20(28)15-11-18/h2-15,25-26H,1H3/t25-,26+/m0/s1. The van der Waals surface area contributed by atoms with Gasteiger partial charge in [0, 0.05) is 21.1 Å².